The molecular formula is C19H14N2O3. The molecule has 1 heterocycles. The van der Waals surface area contributed by atoms with Gasteiger partial charge in [-0.2, -0.15) is 5.10 Å². The molecule has 1 N–H and O–H groups in total. The first-order valence-electron chi connectivity index (χ1n) is 7.31. The number of ketones is 1. The summed E-state index contributed by atoms with van der Waals surface area (Å²) in [6.07, 6.45) is 4.29. The van der Waals surface area contributed by atoms with Crippen molar-refractivity contribution < 1.29 is 14.7 Å². The molecule has 3 aromatic rings. The van der Waals surface area contributed by atoms with E-state index in [4.69, 9.17) is 5.11 Å². The first-order chi connectivity index (χ1) is 11.6. The molecule has 0 fully saturated rings. The molecule has 0 saturated heterocycles. The van der Waals surface area contributed by atoms with Crippen LogP contribution in [0.3, 0.4) is 0 Å². The van der Waals surface area contributed by atoms with Crippen LogP contribution < -0.4 is 0 Å². The molecule has 0 atom stereocenters. The van der Waals surface area contributed by atoms with Crippen LogP contribution >= 0.6 is 0 Å². The van der Waals surface area contributed by atoms with Crippen molar-refractivity contribution in [2.24, 2.45) is 0 Å². The minimum Gasteiger partial charge on any atom is -0.475 e. The topological polar surface area (TPSA) is 72.2 Å². The third-order valence-electron chi connectivity index (χ3n) is 3.44. The highest BCUT2D eigenvalue weighted by Gasteiger charge is 2.12. The number of aromatic nitrogens is 2. The predicted molar refractivity (Wildman–Crippen MR) is 90.7 cm³/mol. The summed E-state index contributed by atoms with van der Waals surface area (Å²) in [7, 11) is 0. The Morgan fingerprint density at radius 3 is 2.21 bits per heavy atom. The standard InChI is InChI=1S/C19H14N2O3/c22-17(19(23)24)12-11-15-13-21(16-9-5-2-6-10-16)20-18(15)14-7-3-1-4-8-14/h1-13H,(H,23,24)/b12-11+. The van der Waals surface area contributed by atoms with E-state index in [-0.39, 0.29) is 0 Å². The normalized spacial score (nSPS) is 10.8. The number of hydrogen-bond donors (Lipinski definition) is 1. The second kappa shape index (κ2) is 6.75. The number of para-hydroxylation sites is 1. The van der Waals surface area contributed by atoms with Gasteiger partial charge in [0.15, 0.2) is 0 Å². The van der Waals surface area contributed by atoms with Crippen LogP contribution in [0.1, 0.15) is 5.56 Å². The number of rotatable bonds is 5. The number of carbonyl (C=O) groups excluding carboxylic acids is 1. The van der Waals surface area contributed by atoms with Gasteiger partial charge in [0.05, 0.1) is 11.4 Å². The average molecular weight is 318 g/mol. The van der Waals surface area contributed by atoms with Crippen molar-refractivity contribution in [1.29, 1.82) is 0 Å². The molecule has 0 aliphatic heterocycles. The van der Waals surface area contributed by atoms with Gasteiger partial charge in [0, 0.05) is 17.3 Å². The molecule has 0 saturated carbocycles. The van der Waals surface area contributed by atoms with Gasteiger partial charge in [-0.15, -0.1) is 0 Å². The molecule has 1 aromatic heterocycles. The van der Waals surface area contributed by atoms with Gasteiger partial charge in [-0.3, -0.25) is 4.79 Å². The van der Waals surface area contributed by atoms with E-state index in [2.05, 4.69) is 5.10 Å². The highest BCUT2D eigenvalue weighted by molar-refractivity contribution is 6.38. The minimum atomic E-state index is -1.48. The van der Waals surface area contributed by atoms with E-state index in [0.717, 1.165) is 17.3 Å². The second-order valence-corrected chi connectivity index (χ2v) is 5.08. The number of aliphatic carboxylic acids is 1. The molecule has 5 nitrogen and oxygen atoms in total. The molecule has 24 heavy (non-hydrogen) atoms. The molecule has 0 unspecified atom stereocenters. The quantitative estimate of drug-likeness (QED) is 0.579. The maximum Gasteiger partial charge on any atom is 0.376 e. The average Bonchev–Trinajstić information content (AvgIpc) is 3.05. The second-order valence-electron chi connectivity index (χ2n) is 5.08. The van der Waals surface area contributed by atoms with Crippen LogP contribution in [-0.4, -0.2) is 26.6 Å². The Bertz CT molecular complexity index is 897. The van der Waals surface area contributed by atoms with Gasteiger partial charge in [0.1, 0.15) is 0 Å². The zero-order valence-corrected chi connectivity index (χ0v) is 12.7. The molecule has 0 spiro atoms. The number of nitrogens with zero attached hydrogens (tertiary/aromatic N) is 2. The molecule has 5 heteroatoms. The maximum atomic E-state index is 11.3. The largest absolute Gasteiger partial charge is 0.475 e. The molecule has 0 bridgehead atoms. The molecule has 118 valence electrons. The van der Waals surface area contributed by atoms with Crippen LogP contribution in [0.5, 0.6) is 0 Å². The van der Waals surface area contributed by atoms with Gasteiger partial charge in [0.25, 0.3) is 5.78 Å². The third kappa shape index (κ3) is 3.30. The fourth-order valence-corrected chi connectivity index (χ4v) is 2.28. The van der Waals surface area contributed by atoms with Gasteiger partial charge in [-0.25, -0.2) is 9.48 Å². The van der Waals surface area contributed by atoms with Crippen LogP contribution in [0.15, 0.2) is 72.9 Å². The highest BCUT2D eigenvalue weighted by Crippen LogP contribution is 2.24. The molecular weight excluding hydrogens is 304 g/mol. The number of carboxylic acid groups (broad SMARTS) is 1. The molecule has 0 aliphatic carbocycles. The third-order valence-corrected chi connectivity index (χ3v) is 3.44. The fourth-order valence-electron chi connectivity index (χ4n) is 2.28. The summed E-state index contributed by atoms with van der Waals surface area (Å²) in [5, 5.41) is 13.3. The number of hydrogen-bond acceptors (Lipinski definition) is 3. The van der Waals surface area contributed by atoms with Crippen molar-refractivity contribution in [3.63, 3.8) is 0 Å². The van der Waals surface area contributed by atoms with Crippen molar-refractivity contribution >= 4 is 17.8 Å². The molecule has 0 aliphatic rings. The number of carboxylic acids is 1. The lowest BCUT2D eigenvalue weighted by molar-refractivity contribution is -0.146. The van der Waals surface area contributed by atoms with E-state index in [1.165, 1.54) is 6.08 Å². The van der Waals surface area contributed by atoms with Crippen LogP contribution in [-0.2, 0) is 9.59 Å². The SMILES string of the molecule is O=C(O)C(=O)/C=C/c1cn(-c2ccccc2)nc1-c1ccccc1. The van der Waals surface area contributed by atoms with Gasteiger partial charge < -0.3 is 5.11 Å². The van der Waals surface area contributed by atoms with E-state index >= 15 is 0 Å². The fraction of sp³-hybridized carbons (Fsp3) is 0. The van der Waals surface area contributed by atoms with Crippen LogP contribution in [0.25, 0.3) is 23.0 Å². The van der Waals surface area contributed by atoms with E-state index in [9.17, 15) is 9.59 Å². The summed E-state index contributed by atoms with van der Waals surface area (Å²) in [6.45, 7) is 0. The lowest BCUT2D eigenvalue weighted by atomic mass is 10.1. The van der Waals surface area contributed by atoms with E-state index in [1.807, 2.05) is 60.7 Å². The Morgan fingerprint density at radius 2 is 1.58 bits per heavy atom. The monoisotopic (exact) mass is 318 g/mol. The predicted octanol–water partition coefficient (Wildman–Crippen LogP) is 3.21. The Hall–Kier alpha value is -3.47. The molecule has 0 radical (unpaired) electrons. The summed E-state index contributed by atoms with van der Waals surface area (Å²) in [5.41, 5.74) is 3.10. The van der Waals surface area contributed by atoms with Crippen molar-refractivity contribution in [2.45, 2.75) is 0 Å². The summed E-state index contributed by atoms with van der Waals surface area (Å²) in [5.74, 6) is -2.45. The Morgan fingerprint density at radius 1 is 0.958 bits per heavy atom. The maximum absolute atomic E-state index is 11.3. The zero-order valence-electron chi connectivity index (χ0n) is 12.7. The first kappa shape index (κ1) is 15.4. The summed E-state index contributed by atoms with van der Waals surface area (Å²) >= 11 is 0. The Kier molecular flexibility index (Phi) is 4.34. The highest BCUT2D eigenvalue weighted by atomic mass is 16.4. The van der Waals surface area contributed by atoms with Gasteiger partial charge in [0.2, 0.25) is 0 Å². The molecule has 0 amide bonds. The number of benzene rings is 2. The molecule has 3 rings (SSSR count). The van der Waals surface area contributed by atoms with Crippen molar-refractivity contribution in [3.8, 4) is 16.9 Å². The van der Waals surface area contributed by atoms with Crippen molar-refractivity contribution in [3.05, 3.63) is 78.5 Å². The van der Waals surface area contributed by atoms with Crippen molar-refractivity contribution in [2.75, 3.05) is 0 Å². The van der Waals surface area contributed by atoms with Gasteiger partial charge in [-0.05, 0) is 24.3 Å². The Balaban J connectivity index is 2.07. The zero-order chi connectivity index (χ0) is 16.9. The number of carbonyl (C=O) groups is 2. The van der Waals surface area contributed by atoms with E-state index < -0.39 is 11.8 Å². The Labute approximate surface area is 138 Å². The summed E-state index contributed by atoms with van der Waals surface area (Å²) < 4.78 is 1.70. The van der Waals surface area contributed by atoms with Crippen molar-refractivity contribution in [1.82, 2.24) is 9.78 Å². The smallest absolute Gasteiger partial charge is 0.376 e. The molecule has 2 aromatic carbocycles. The van der Waals surface area contributed by atoms with Gasteiger partial charge in [-0.1, -0.05) is 48.5 Å². The van der Waals surface area contributed by atoms with Crippen LogP contribution in [0.2, 0.25) is 0 Å². The van der Waals surface area contributed by atoms with Gasteiger partial charge >= 0.3 is 5.97 Å². The lowest BCUT2D eigenvalue weighted by Crippen LogP contribution is -2.08. The van der Waals surface area contributed by atoms with E-state index in [1.54, 1.807) is 10.9 Å². The summed E-state index contributed by atoms with van der Waals surface area (Å²) in [6, 6.07) is 19.1. The summed E-state index contributed by atoms with van der Waals surface area (Å²) in [4.78, 5) is 22.0. The minimum absolute atomic E-state index is 0.666. The first-order valence-corrected chi connectivity index (χ1v) is 7.31. The lowest BCUT2D eigenvalue weighted by Gasteiger charge is -2.00. The van der Waals surface area contributed by atoms with Crippen LogP contribution in [0.4, 0.5) is 0 Å². The van der Waals surface area contributed by atoms with E-state index in [0.29, 0.717) is 11.3 Å². The van der Waals surface area contributed by atoms with Crippen LogP contribution in [0, 0.1) is 0 Å².